The maximum atomic E-state index is 14.0. The highest BCUT2D eigenvalue weighted by molar-refractivity contribution is 5.60. The van der Waals surface area contributed by atoms with Gasteiger partial charge in [0.25, 0.3) is 0 Å². The molecule has 7 rings (SSSR count). The van der Waals surface area contributed by atoms with Crippen LogP contribution in [0.1, 0.15) is 140 Å². The van der Waals surface area contributed by atoms with Crippen molar-refractivity contribution in [1.82, 2.24) is 5.32 Å². The Kier molecular flexibility index (Phi) is 16.8. The van der Waals surface area contributed by atoms with Gasteiger partial charge in [-0.15, -0.1) is 0 Å². The van der Waals surface area contributed by atoms with Gasteiger partial charge in [0.1, 0.15) is 17.8 Å². The Morgan fingerprint density at radius 1 is 0.794 bits per heavy atom. The van der Waals surface area contributed by atoms with E-state index in [2.05, 4.69) is 131 Å². The molecule has 2 fully saturated rings. The molecule has 0 spiro atoms. The van der Waals surface area contributed by atoms with Crippen molar-refractivity contribution in [2.45, 2.75) is 142 Å². The van der Waals surface area contributed by atoms with Crippen molar-refractivity contribution in [1.29, 1.82) is 0 Å². The highest BCUT2D eigenvalue weighted by Gasteiger charge is 2.50. The number of hydrogen-bond donors (Lipinski definition) is 1. The Morgan fingerprint density at radius 3 is 2.02 bits per heavy atom. The molecule has 0 bridgehead atoms. The van der Waals surface area contributed by atoms with Crippen molar-refractivity contribution in [3.8, 4) is 0 Å². The molecule has 63 heavy (non-hydrogen) atoms. The first-order chi connectivity index (χ1) is 30.7. The van der Waals surface area contributed by atoms with E-state index in [1.807, 2.05) is 36.4 Å². The SMILES string of the molecule is CCCCC1C(C2CCC(C(C)CCCC(C)C)C2)CC=C2CC(OC(=O)OC(CNCc3ccccc3)COC(c3ccccc3)(c3ccccc3)c3ccccc3)CCC21C. The number of carbonyl (C=O) groups is 1. The first-order valence-electron chi connectivity index (χ1n) is 24.8. The molecule has 0 amide bonds. The minimum Gasteiger partial charge on any atom is -0.431 e. The second kappa shape index (κ2) is 22.6. The van der Waals surface area contributed by atoms with E-state index in [4.69, 9.17) is 14.2 Å². The van der Waals surface area contributed by atoms with Gasteiger partial charge in [0.05, 0.1) is 6.61 Å². The topological polar surface area (TPSA) is 56.8 Å². The van der Waals surface area contributed by atoms with Crippen LogP contribution in [0.15, 0.2) is 133 Å². The zero-order chi connectivity index (χ0) is 44.1. The third-order valence-corrected chi connectivity index (χ3v) is 15.5. The van der Waals surface area contributed by atoms with E-state index < -0.39 is 17.9 Å². The normalized spacial score (nSPS) is 24.6. The molecule has 3 aliphatic carbocycles. The van der Waals surface area contributed by atoms with Crippen LogP contribution in [0.2, 0.25) is 0 Å². The van der Waals surface area contributed by atoms with Gasteiger partial charge >= 0.3 is 6.16 Å². The van der Waals surface area contributed by atoms with Crippen molar-refractivity contribution in [2.75, 3.05) is 13.2 Å². The second-order valence-electron chi connectivity index (χ2n) is 20.1. The third-order valence-electron chi connectivity index (χ3n) is 15.5. The van der Waals surface area contributed by atoms with Gasteiger partial charge in [0.2, 0.25) is 0 Å². The van der Waals surface area contributed by atoms with Gasteiger partial charge in [-0.05, 0) is 108 Å². The Labute approximate surface area is 380 Å². The van der Waals surface area contributed by atoms with E-state index in [1.165, 1.54) is 69.8 Å². The molecule has 338 valence electrons. The molecule has 0 saturated heterocycles. The lowest BCUT2D eigenvalue weighted by molar-refractivity contribution is -0.0684. The molecule has 0 aliphatic heterocycles. The molecule has 1 N–H and O–H groups in total. The van der Waals surface area contributed by atoms with E-state index in [0.717, 1.165) is 71.1 Å². The van der Waals surface area contributed by atoms with Crippen LogP contribution in [0, 0.1) is 40.9 Å². The molecular weight excluding hydrogens is 775 g/mol. The molecule has 0 aromatic heterocycles. The molecule has 5 heteroatoms. The van der Waals surface area contributed by atoms with E-state index in [-0.39, 0.29) is 18.1 Å². The first kappa shape index (κ1) is 46.8. The fourth-order valence-corrected chi connectivity index (χ4v) is 11.9. The minimum absolute atomic E-state index is 0.155. The zero-order valence-electron chi connectivity index (χ0n) is 39.2. The number of fused-ring (bicyclic) bond motifs is 1. The lowest BCUT2D eigenvalue weighted by atomic mass is 9.53. The van der Waals surface area contributed by atoms with Crippen LogP contribution in [0.3, 0.4) is 0 Å². The fourth-order valence-electron chi connectivity index (χ4n) is 11.9. The fraction of sp³-hybridized carbons (Fsp3) is 0.534. The smallest absolute Gasteiger partial charge is 0.431 e. The van der Waals surface area contributed by atoms with Gasteiger partial charge in [-0.3, -0.25) is 0 Å². The van der Waals surface area contributed by atoms with E-state index in [0.29, 0.717) is 19.0 Å². The van der Waals surface area contributed by atoms with Crippen molar-refractivity contribution in [3.05, 3.63) is 155 Å². The lowest BCUT2D eigenvalue weighted by Crippen LogP contribution is -2.45. The summed E-state index contributed by atoms with van der Waals surface area (Å²) in [4.78, 5) is 14.0. The van der Waals surface area contributed by atoms with Crippen LogP contribution >= 0.6 is 0 Å². The predicted molar refractivity (Wildman–Crippen MR) is 258 cm³/mol. The number of nitrogens with one attached hydrogen (secondary N) is 1. The molecule has 8 atom stereocenters. The average molecular weight is 852 g/mol. The summed E-state index contributed by atoms with van der Waals surface area (Å²) in [6, 6.07) is 41.4. The first-order valence-corrected chi connectivity index (χ1v) is 24.8. The summed E-state index contributed by atoms with van der Waals surface area (Å²) in [6.07, 6.45) is 17.3. The van der Waals surface area contributed by atoms with Crippen molar-refractivity contribution in [3.63, 3.8) is 0 Å². The van der Waals surface area contributed by atoms with Crippen molar-refractivity contribution >= 4 is 6.16 Å². The maximum absolute atomic E-state index is 14.0. The number of ether oxygens (including phenoxy) is 3. The largest absolute Gasteiger partial charge is 0.508 e. The van der Waals surface area contributed by atoms with E-state index in [1.54, 1.807) is 0 Å². The number of allylic oxidation sites excluding steroid dienone is 1. The van der Waals surface area contributed by atoms with Gasteiger partial charge < -0.3 is 19.5 Å². The highest BCUT2D eigenvalue weighted by Crippen LogP contribution is 2.58. The Hall–Kier alpha value is -4.19. The van der Waals surface area contributed by atoms with Crippen LogP contribution in [0.25, 0.3) is 0 Å². The van der Waals surface area contributed by atoms with Crippen LogP contribution in [0.4, 0.5) is 4.79 Å². The Bertz CT molecular complexity index is 1890. The molecule has 2 saturated carbocycles. The van der Waals surface area contributed by atoms with E-state index >= 15 is 0 Å². The molecule has 5 nitrogen and oxygen atoms in total. The molecule has 4 aromatic rings. The maximum Gasteiger partial charge on any atom is 0.508 e. The number of unbranched alkanes of at least 4 members (excludes halogenated alkanes) is 1. The molecule has 8 unspecified atom stereocenters. The quantitative estimate of drug-likeness (QED) is 0.0514. The summed E-state index contributed by atoms with van der Waals surface area (Å²) in [6.45, 7) is 13.4. The summed E-state index contributed by atoms with van der Waals surface area (Å²) in [5.41, 5.74) is 4.92. The van der Waals surface area contributed by atoms with Crippen LogP contribution in [-0.2, 0) is 26.4 Å². The lowest BCUT2D eigenvalue weighted by Gasteiger charge is -2.52. The summed E-state index contributed by atoms with van der Waals surface area (Å²) in [5, 5.41) is 3.56. The average Bonchev–Trinajstić information content (AvgIpc) is 3.80. The van der Waals surface area contributed by atoms with Gasteiger partial charge in [0, 0.05) is 19.5 Å². The molecule has 3 aliphatic rings. The summed E-state index contributed by atoms with van der Waals surface area (Å²) < 4.78 is 19.8. The summed E-state index contributed by atoms with van der Waals surface area (Å²) in [5.74, 6) is 4.82. The monoisotopic (exact) mass is 852 g/mol. The number of hydrogen-bond acceptors (Lipinski definition) is 5. The van der Waals surface area contributed by atoms with Gasteiger partial charge in [-0.25, -0.2) is 4.79 Å². The van der Waals surface area contributed by atoms with Gasteiger partial charge in [0.15, 0.2) is 0 Å². The molecule has 0 heterocycles. The van der Waals surface area contributed by atoms with Crippen LogP contribution < -0.4 is 5.32 Å². The number of carbonyl (C=O) groups excluding carboxylic acids is 1. The van der Waals surface area contributed by atoms with E-state index in [9.17, 15) is 4.79 Å². The minimum atomic E-state index is -0.937. The highest BCUT2D eigenvalue weighted by atomic mass is 16.7. The second-order valence-corrected chi connectivity index (χ2v) is 20.1. The number of benzene rings is 4. The third kappa shape index (κ3) is 11.7. The van der Waals surface area contributed by atoms with Gasteiger partial charge in [-0.1, -0.05) is 200 Å². The molecular formula is C58H77NO4. The standard InChI is InChI=1S/C58H77NO4/c1-6-7-31-55-54(47-33-32-46(38-47)44(4)22-20-21-43(2)3)35-34-51-39-52(36-37-57(51,55)5)62-56(60)63-53(41-59-40-45-23-12-8-13-24-45)42-61-58(48-25-14-9-15-26-48,49-27-16-10-17-28-49)50-29-18-11-19-30-50/h8-19,23-30,34,43-44,46-47,52-55,59H,6-7,20-22,31-33,35-42H2,1-5H3. The summed E-state index contributed by atoms with van der Waals surface area (Å²) >= 11 is 0. The Balaban J connectivity index is 1.05. The Morgan fingerprint density at radius 2 is 1.41 bits per heavy atom. The van der Waals surface area contributed by atoms with Crippen LogP contribution in [-0.4, -0.2) is 31.5 Å². The van der Waals surface area contributed by atoms with Crippen molar-refractivity contribution < 1.29 is 19.0 Å². The van der Waals surface area contributed by atoms with Crippen LogP contribution in [0.5, 0.6) is 0 Å². The van der Waals surface area contributed by atoms with Crippen molar-refractivity contribution in [2.24, 2.45) is 40.9 Å². The summed E-state index contributed by atoms with van der Waals surface area (Å²) in [7, 11) is 0. The van der Waals surface area contributed by atoms with Gasteiger partial charge in [-0.2, -0.15) is 0 Å². The number of rotatable bonds is 21. The predicted octanol–water partition coefficient (Wildman–Crippen LogP) is 14.5. The molecule has 0 radical (unpaired) electrons. The zero-order valence-corrected chi connectivity index (χ0v) is 39.2. The molecule has 4 aromatic carbocycles.